The highest BCUT2D eigenvalue weighted by Crippen LogP contribution is 2.14. The maximum Gasteiger partial charge on any atom is 0.106 e. The Bertz CT molecular complexity index is 387. The van der Waals surface area contributed by atoms with Crippen LogP contribution in [0.4, 0.5) is 0 Å². The molecule has 0 bridgehead atoms. The van der Waals surface area contributed by atoms with Crippen LogP contribution in [0.5, 0.6) is 0 Å². The third kappa shape index (κ3) is 1.24. The summed E-state index contributed by atoms with van der Waals surface area (Å²) in [4.78, 5) is 7.96. The molecule has 0 saturated carbocycles. The van der Waals surface area contributed by atoms with Crippen molar-refractivity contribution in [3.05, 3.63) is 35.3 Å². The summed E-state index contributed by atoms with van der Waals surface area (Å²) in [6.45, 7) is 0. The summed E-state index contributed by atoms with van der Waals surface area (Å²) in [6, 6.07) is 3.74. The summed E-state index contributed by atoms with van der Waals surface area (Å²) in [5.74, 6) is 0. The number of halogens is 1. The molecule has 0 aliphatic rings. The lowest BCUT2D eigenvalue weighted by atomic mass is 10.2. The average Bonchev–Trinajstić information content (AvgIpc) is 2.04. The third-order valence-corrected chi connectivity index (χ3v) is 1.87. The molecule has 0 unspecified atom stereocenters. The van der Waals surface area contributed by atoms with Gasteiger partial charge in [-0.2, -0.15) is 0 Å². The van der Waals surface area contributed by atoms with E-state index in [0.29, 0.717) is 0 Å². The minimum atomic E-state index is 0.831. The highest BCUT2D eigenvalue weighted by molar-refractivity contribution is 9.10. The van der Waals surface area contributed by atoms with E-state index in [-0.39, 0.29) is 0 Å². The lowest BCUT2D eigenvalue weighted by Gasteiger charge is -1.94. The fourth-order valence-corrected chi connectivity index (χ4v) is 1.25. The molecule has 0 aliphatic heterocycles. The maximum absolute atomic E-state index is 4.08. The monoisotopic (exact) mass is 207 g/mol. The molecule has 0 saturated heterocycles. The molecule has 0 aliphatic carbocycles. The normalized spacial score (nSPS) is 10.3. The van der Waals surface area contributed by atoms with Crippen LogP contribution in [0.3, 0.4) is 0 Å². The van der Waals surface area contributed by atoms with Crippen molar-refractivity contribution in [2.24, 2.45) is 0 Å². The SMILES string of the molecule is Brc1cc2cn[c]cc2cn1. The molecule has 53 valence electrons. The van der Waals surface area contributed by atoms with Crippen LogP contribution in [-0.2, 0) is 0 Å². The van der Waals surface area contributed by atoms with E-state index >= 15 is 0 Å². The summed E-state index contributed by atoms with van der Waals surface area (Å²) in [6.07, 6.45) is 6.30. The summed E-state index contributed by atoms with van der Waals surface area (Å²) in [5.41, 5.74) is 0. The summed E-state index contributed by atoms with van der Waals surface area (Å²) in [7, 11) is 0. The fourth-order valence-electron chi connectivity index (χ4n) is 0.901. The number of pyridine rings is 2. The zero-order valence-electron chi connectivity index (χ0n) is 5.58. The molecule has 2 aromatic heterocycles. The number of aromatic nitrogens is 2. The van der Waals surface area contributed by atoms with Crippen molar-refractivity contribution in [1.29, 1.82) is 0 Å². The van der Waals surface area contributed by atoms with Gasteiger partial charge in [-0.15, -0.1) is 0 Å². The molecule has 2 nitrogen and oxygen atoms in total. The topological polar surface area (TPSA) is 25.8 Å². The molecule has 2 aromatic rings. The minimum absolute atomic E-state index is 0.831. The molecule has 0 fully saturated rings. The standard InChI is InChI=1S/C8H4BrN2/c9-8-3-7-4-10-2-1-6(7)5-11-8/h1,3-5H. The Labute approximate surface area is 72.4 Å². The molecule has 2 heterocycles. The Kier molecular flexibility index (Phi) is 1.58. The first kappa shape index (κ1) is 6.73. The first-order valence-electron chi connectivity index (χ1n) is 3.13. The van der Waals surface area contributed by atoms with Gasteiger partial charge in [0.15, 0.2) is 0 Å². The van der Waals surface area contributed by atoms with Crippen LogP contribution in [0.1, 0.15) is 0 Å². The van der Waals surface area contributed by atoms with Crippen LogP contribution in [0.15, 0.2) is 29.1 Å². The van der Waals surface area contributed by atoms with Crippen molar-refractivity contribution in [1.82, 2.24) is 9.97 Å². The molecule has 11 heavy (non-hydrogen) atoms. The minimum Gasteiger partial charge on any atom is -0.254 e. The predicted molar refractivity (Wildman–Crippen MR) is 46.1 cm³/mol. The van der Waals surface area contributed by atoms with E-state index < -0.39 is 0 Å². The summed E-state index contributed by atoms with van der Waals surface area (Å²) in [5, 5.41) is 2.13. The molecule has 0 N–H and O–H groups in total. The van der Waals surface area contributed by atoms with Crippen molar-refractivity contribution < 1.29 is 0 Å². The van der Waals surface area contributed by atoms with Gasteiger partial charge in [-0.3, -0.25) is 4.98 Å². The number of hydrogen-bond donors (Lipinski definition) is 0. The largest absolute Gasteiger partial charge is 0.254 e. The zero-order chi connectivity index (χ0) is 7.68. The van der Waals surface area contributed by atoms with Crippen LogP contribution in [0, 0.1) is 6.20 Å². The van der Waals surface area contributed by atoms with E-state index in [4.69, 9.17) is 0 Å². The van der Waals surface area contributed by atoms with E-state index in [1.165, 1.54) is 0 Å². The molecule has 0 aromatic carbocycles. The van der Waals surface area contributed by atoms with Gasteiger partial charge in [0.2, 0.25) is 0 Å². The fraction of sp³-hybridized carbons (Fsp3) is 0. The second-order valence-corrected chi connectivity index (χ2v) is 2.98. The van der Waals surface area contributed by atoms with Crippen molar-refractivity contribution in [2.75, 3.05) is 0 Å². The van der Waals surface area contributed by atoms with Crippen LogP contribution in [0.25, 0.3) is 10.8 Å². The smallest absolute Gasteiger partial charge is 0.106 e. The zero-order valence-corrected chi connectivity index (χ0v) is 7.17. The molecule has 0 atom stereocenters. The van der Waals surface area contributed by atoms with Gasteiger partial charge in [-0.1, -0.05) is 0 Å². The van der Waals surface area contributed by atoms with Gasteiger partial charge in [0.05, 0.1) is 6.20 Å². The Morgan fingerprint density at radius 2 is 2.18 bits per heavy atom. The Morgan fingerprint density at radius 1 is 1.27 bits per heavy atom. The first-order valence-corrected chi connectivity index (χ1v) is 3.93. The maximum atomic E-state index is 4.08. The van der Waals surface area contributed by atoms with E-state index in [1.54, 1.807) is 12.4 Å². The van der Waals surface area contributed by atoms with Crippen LogP contribution in [0.2, 0.25) is 0 Å². The molecule has 0 amide bonds. The molecule has 1 radical (unpaired) electrons. The van der Waals surface area contributed by atoms with Gasteiger partial charge >= 0.3 is 0 Å². The lowest BCUT2D eigenvalue weighted by Crippen LogP contribution is -1.78. The highest BCUT2D eigenvalue weighted by atomic mass is 79.9. The Hall–Kier alpha value is -0.960. The average molecular weight is 208 g/mol. The van der Waals surface area contributed by atoms with Gasteiger partial charge in [-0.05, 0) is 28.1 Å². The number of rotatable bonds is 0. The quantitative estimate of drug-likeness (QED) is 0.620. The van der Waals surface area contributed by atoms with Crippen LogP contribution < -0.4 is 0 Å². The summed E-state index contributed by atoms with van der Waals surface area (Å²) >= 11 is 3.28. The second kappa shape index (κ2) is 2.58. The second-order valence-electron chi connectivity index (χ2n) is 2.17. The van der Waals surface area contributed by atoms with Crippen molar-refractivity contribution in [3.63, 3.8) is 0 Å². The lowest BCUT2D eigenvalue weighted by molar-refractivity contribution is 1.28. The Balaban J connectivity index is 2.83. The van der Waals surface area contributed by atoms with Gasteiger partial charge in [-0.25, -0.2) is 4.98 Å². The molecular formula is C8H4BrN2. The van der Waals surface area contributed by atoms with E-state index in [9.17, 15) is 0 Å². The van der Waals surface area contributed by atoms with Crippen molar-refractivity contribution in [2.45, 2.75) is 0 Å². The first-order chi connectivity index (χ1) is 5.36. The number of nitrogens with zero attached hydrogens (tertiary/aromatic N) is 2. The number of fused-ring (bicyclic) bond motifs is 1. The Morgan fingerprint density at radius 3 is 3.09 bits per heavy atom. The van der Waals surface area contributed by atoms with E-state index in [2.05, 4.69) is 32.1 Å². The highest BCUT2D eigenvalue weighted by Gasteiger charge is 1.92. The van der Waals surface area contributed by atoms with Gasteiger partial charge in [0, 0.05) is 23.2 Å². The molecule has 2 rings (SSSR count). The molecule has 3 heteroatoms. The molecule has 0 spiro atoms. The van der Waals surface area contributed by atoms with E-state index in [1.807, 2.05) is 12.1 Å². The number of hydrogen-bond acceptors (Lipinski definition) is 2. The van der Waals surface area contributed by atoms with Crippen molar-refractivity contribution >= 4 is 26.7 Å². The van der Waals surface area contributed by atoms with Gasteiger partial charge < -0.3 is 0 Å². The van der Waals surface area contributed by atoms with Gasteiger partial charge in [0.1, 0.15) is 4.60 Å². The summed E-state index contributed by atoms with van der Waals surface area (Å²) < 4.78 is 0.831. The van der Waals surface area contributed by atoms with Gasteiger partial charge in [0.25, 0.3) is 0 Å². The van der Waals surface area contributed by atoms with Crippen molar-refractivity contribution in [3.8, 4) is 0 Å². The van der Waals surface area contributed by atoms with Crippen LogP contribution >= 0.6 is 15.9 Å². The van der Waals surface area contributed by atoms with Crippen LogP contribution in [-0.4, -0.2) is 9.97 Å². The van der Waals surface area contributed by atoms with E-state index in [0.717, 1.165) is 15.4 Å². The third-order valence-electron chi connectivity index (χ3n) is 1.43. The molecular weight excluding hydrogens is 204 g/mol. The predicted octanol–water partition coefficient (Wildman–Crippen LogP) is 2.19.